The smallest absolute Gasteiger partial charge is 0.0125 e. The molecule has 0 heterocycles. The molecule has 0 bridgehead atoms. The average molecular weight is 298 g/mol. The van der Waals surface area contributed by atoms with Gasteiger partial charge in [0.2, 0.25) is 0 Å². The molecule has 1 N–H and O–H groups in total. The Morgan fingerprint density at radius 1 is 0.571 bits per heavy atom. The van der Waals surface area contributed by atoms with Gasteiger partial charge in [0, 0.05) is 5.54 Å². The van der Waals surface area contributed by atoms with E-state index in [1.165, 1.54) is 89.9 Å². The van der Waals surface area contributed by atoms with E-state index in [-0.39, 0.29) is 0 Å². The fourth-order valence-electron chi connectivity index (χ4n) is 2.96. The van der Waals surface area contributed by atoms with Crippen molar-refractivity contribution in [2.24, 2.45) is 0 Å². The van der Waals surface area contributed by atoms with Gasteiger partial charge in [0.05, 0.1) is 0 Å². The lowest BCUT2D eigenvalue weighted by Gasteiger charge is -2.26. The third-order valence-corrected chi connectivity index (χ3v) is 4.51. The van der Waals surface area contributed by atoms with Gasteiger partial charge < -0.3 is 5.32 Å². The molecule has 0 fully saturated rings. The lowest BCUT2D eigenvalue weighted by atomic mass is 9.95. The Labute approximate surface area is 135 Å². The number of hydrogen-bond acceptors (Lipinski definition) is 1. The van der Waals surface area contributed by atoms with E-state index in [1.54, 1.807) is 0 Å². The Kier molecular flexibility index (Phi) is 14.9. The molecule has 0 radical (unpaired) electrons. The number of nitrogens with one attached hydrogen (secondary N) is 1. The minimum absolute atomic E-state index is 0.342. The summed E-state index contributed by atoms with van der Waals surface area (Å²) in [4.78, 5) is 0. The molecule has 0 aliphatic rings. The molecule has 0 aromatic carbocycles. The molecule has 0 rings (SSSR count). The number of unbranched alkanes of at least 4 members (excludes halogenated alkanes) is 11. The van der Waals surface area contributed by atoms with Gasteiger partial charge in [0.1, 0.15) is 0 Å². The zero-order chi connectivity index (χ0) is 15.8. The summed E-state index contributed by atoms with van der Waals surface area (Å²) in [5.41, 5.74) is 0.342. The van der Waals surface area contributed by atoms with E-state index in [0.29, 0.717) is 5.54 Å². The standard InChI is InChI=1S/C20H43N/c1-5-7-8-9-10-11-12-13-14-15-16-17-18-20(3,4)21-19-6-2/h21H,5-19H2,1-4H3. The first-order chi connectivity index (χ1) is 10.1. The normalized spacial score (nSPS) is 12.0. The lowest BCUT2D eigenvalue weighted by Crippen LogP contribution is -2.39. The Morgan fingerprint density at radius 2 is 1.00 bits per heavy atom. The molecule has 0 aromatic rings. The summed E-state index contributed by atoms with van der Waals surface area (Å²) in [5.74, 6) is 0. The van der Waals surface area contributed by atoms with Crippen LogP contribution < -0.4 is 5.32 Å². The summed E-state index contributed by atoms with van der Waals surface area (Å²) in [7, 11) is 0. The van der Waals surface area contributed by atoms with Crippen LogP contribution in [0.15, 0.2) is 0 Å². The summed E-state index contributed by atoms with van der Waals surface area (Å²) >= 11 is 0. The molecule has 0 saturated carbocycles. The predicted octanol–water partition coefficient (Wildman–Crippen LogP) is 6.86. The monoisotopic (exact) mass is 297 g/mol. The highest BCUT2D eigenvalue weighted by molar-refractivity contribution is 4.76. The predicted molar refractivity (Wildman–Crippen MR) is 98.1 cm³/mol. The molecular formula is C20H43N. The van der Waals surface area contributed by atoms with Crippen molar-refractivity contribution < 1.29 is 0 Å². The van der Waals surface area contributed by atoms with E-state index in [4.69, 9.17) is 0 Å². The van der Waals surface area contributed by atoms with Gasteiger partial charge in [-0.2, -0.15) is 0 Å². The molecular weight excluding hydrogens is 254 g/mol. The summed E-state index contributed by atoms with van der Waals surface area (Å²) < 4.78 is 0. The van der Waals surface area contributed by atoms with Crippen LogP contribution in [0.25, 0.3) is 0 Å². The zero-order valence-electron chi connectivity index (χ0n) is 15.6. The van der Waals surface area contributed by atoms with Crippen LogP contribution in [-0.4, -0.2) is 12.1 Å². The van der Waals surface area contributed by atoms with Crippen molar-refractivity contribution >= 4 is 0 Å². The molecule has 0 atom stereocenters. The first-order valence-electron chi connectivity index (χ1n) is 9.87. The Morgan fingerprint density at radius 3 is 1.43 bits per heavy atom. The molecule has 0 spiro atoms. The van der Waals surface area contributed by atoms with Gasteiger partial charge in [0.25, 0.3) is 0 Å². The summed E-state index contributed by atoms with van der Waals surface area (Å²) in [6, 6.07) is 0. The molecule has 0 unspecified atom stereocenters. The second kappa shape index (κ2) is 14.9. The van der Waals surface area contributed by atoms with Crippen molar-refractivity contribution in [2.75, 3.05) is 6.54 Å². The first-order valence-corrected chi connectivity index (χ1v) is 9.87. The highest BCUT2D eigenvalue weighted by atomic mass is 14.9. The second-order valence-electron chi connectivity index (χ2n) is 7.45. The average Bonchev–Trinajstić information content (AvgIpc) is 2.46. The number of rotatable bonds is 16. The van der Waals surface area contributed by atoms with Gasteiger partial charge in [-0.1, -0.05) is 90.9 Å². The van der Waals surface area contributed by atoms with Gasteiger partial charge in [-0.05, 0) is 33.2 Å². The summed E-state index contributed by atoms with van der Waals surface area (Å²) in [6.45, 7) is 10.4. The van der Waals surface area contributed by atoms with Crippen LogP contribution in [0.5, 0.6) is 0 Å². The quantitative estimate of drug-likeness (QED) is 0.307. The van der Waals surface area contributed by atoms with Gasteiger partial charge in [-0.3, -0.25) is 0 Å². The molecule has 0 aliphatic heterocycles. The molecule has 0 amide bonds. The van der Waals surface area contributed by atoms with Crippen LogP contribution in [0.2, 0.25) is 0 Å². The highest BCUT2D eigenvalue weighted by Gasteiger charge is 2.14. The van der Waals surface area contributed by atoms with E-state index in [1.807, 2.05) is 0 Å². The van der Waals surface area contributed by atoms with Crippen molar-refractivity contribution in [1.82, 2.24) is 5.32 Å². The maximum atomic E-state index is 3.65. The summed E-state index contributed by atoms with van der Waals surface area (Å²) in [6.07, 6.45) is 19.9. The number of hydrogen-bond donors (Lipinski definition) is 1. The van der Waals surface area contributed by atoms with Gasteiger partial charge in [-0.15, -0.1) is 0 Å². The van der Waals surface area contributed by atoms with Crippen LogP contribution in [0.1, 0.15) is 118 Å². The second-order valence-corrected chi connectivity index (χ2v) is 7.45. The molecule has 1 heteroatoms. The van der Waals surface area contributed by atoms with E-state index < -0.39 is 0 Å². The van der Waals surface area contributed by atoms with Crippen LogP contribution >= 0.6 is 0 Å². The Balaban J connectivity index is 3.18. The van der Waals surface area contributed by atoms with E-state index >= 15 is 0 Å². The van der Waals surface area contributed by atoms with Crippen molar-refractivity contribution in [3.8, 4) is 0 Å². The van der Waals surface area contributed by atoms with Gasteiger partial charge in [-0.25, -0.2) is 0 Å². The fourth-order valence-corrected chi connectivity index (χ4v) is 2.96. The van der Waals surface area contributed by atoms with E-state index in [2.05, 4.69) is 33.0 Å². The molecule has 1 nitrogen and oxygen atoms in total. The third-order valence-electron chi connectivity index (χ3n) is 4.51. The molecule has 0 aliphatic carbocycles. The first kappa shape index (κ1) is 21.0. The molecule has 0 aromatic heterocycles. The van der Waals surface area contributed by atoms with Crippen LogP contribution in [0, 0.1) is 0 Å². The molecule has 128 valence electrons. The third kappa shape index (κ3) is 16.2. The van der Waals surface area contributed by atoms with Gasteiger partial charge >= 0.3 is 0 Å². The van der Waals surface area contributed by atoms with E-state index in [9.17, 15) is 0 Å². The maximum absolute atomic E-state index is 3.65. The topological polar surface area (TPSA) is 12.0 Å². The van der Waals surface area contributed by atoms with Crippen molar-refractivity contribution in [1.29, 1.82) is 0 Å². The highest BCUT2D eigenvalue weighted by Crippen LogP contribution is 2.16. The van der Waals surface area contributed by atoms with Crippen molar-refractivity contribution in [3.05, 3.63) is 0 Å². The van der Waals surface area contributed by atoms with Crippen LogP contribution in [0.4, 0.5) is 0 Å². The van der Waals surface area contributed by atoms with Gasteiger partial charge in [0.15, 0.2) is 0 Å². The minimum atomic E-state index is 0.342. The fraction of sp³-hybridized carbons (Fsp3) is 1.00. The molecule has 0 saturated heterocycles. The van der Waals surface area contributed by atoms with Crippen molar-refractivity contribution in [3.63, 3.8) is 0 Å². The van der Waals surface area contributed by atoms with E-state index in [0.717, 1.165) is 6.54 Å². The van der Waals surface area contributed by atoms with Crippen molar-refractivity contribution in [2.45, 2.75) is 123 Å². The Bertz CT molecular complexity index is 198. The minimum Gasteiger partial charge on any atom is -0.312 e. The van der Waals surface area contributed by atoms with Crippen LogP contribution in [-0.2, 0) is 0 Å². The molecule has 21 heavy (non-hydrogen) atoms. The lowest BCUT2D eigenvalue weighted by molar-refractivity contribution is 0.347. The maximum Gasteiger partial charge on any atom is 0.0125 e. The Hall–Kier alpha value is -0.0400. The zero-order valence-corrected chi connectivity index (χ0v) is 15.6. The summed E-state index contributed by atoms with van der Waals surface area (Å²) in [5, 5.41) is 3.65. The largest absolute Gasteiger partial charge is 0.312 e. The van der Waals surface area contributed by atoms with Crippen LogP contribution in [0.3, 0.4) is 0 Å². The SMILES string of the molecule is CCCCCCCCCCCCCCC(C)(C)NCCC.